The normalized spacial score (nSPS) is 10.4. The Balaban J connectivity index is 2.56. The highest BCUT2D eigenvalue weighted by molar-refractivity contribution is 5.93. The molecule has 2 amide bonds. The summed E-state index contributed by atoms with van der Waals surface area (Å²) in [5, 5.41) is 2.83. The summed E-state index contributed by atoms with van der Waals surface area (Å²) in [7, 11) is 1.68. The highest BCUT2D eigenvalue weighted by atomic mass is 16.2. The lowest BCUT2D eigenvalue weighted by Crippen LogP contribution is -2.36. The molecule has 5 heteroatoms. The van der Waals surface area contributed by atoms with Gasteiger partial charge in [-0.1, -0.05) is 25.1 Å². The van der Waals surface area contributed by atoms with Crippen LogP contribution in [0.3, 0.4) is 0 Å². The summed E-state index contributed by atoms with van der Waals surface area (Å²) in [6.07, 6.45) is 0.855. The number of nitrogens with one attached hydrogen (secondary N) is 1. The fourth-order valence-corrected chi connectivity index (χ4v) is 1.71. The minimum absolute atomic E-state index is 0.0723. The van der Waals surface area contributed by atoms with E-state index in [1.165, 1.54) is 0 Å². The molecule has 0 aliphatic carbocycles. The first-order chi connectivity index (χ1) is 8.52. The van der Waals surface area contributed by atoms with E-state index in [1.807, 2.05) is 31.2 Å². The molecule has 0 radical (unpaired) electrons. The predicted octanol–water partition coefficient (Wildman–Crippen LogP) is 0.605. The lowest BCUT2D eigenvalue weighted by Gasteiger charge is -2.15. The molecule has 1 rings (SSSR count). The minimum Gasteiger partial charge on any atom is -0.369 e. The molecule has 0 aliphatic heterocycles. The van der Waals surface area contributed by atoms with Gasteiger partial charge in [0.15, 0.2) is 0 Å². The monoisotopic (exact) mass is 249 g/mol. The van der Waals surface area contributed by atoms with Crippen LogP contribution in [-0.4, -0.2) is 36.9 Å². The zero-order chi connectivity index (χ0) is 13.5. The van der Waals surface area contributed by atoms with Crippen molar-refractivity contribution in [1.29, 1.82) is 0 Å². The number of hydrogen-bond donors (Lipinski definition) is 2. The number of benzene rings is 1. The Labute approximate surface area is 107 Å². The van der Waals surface area contributed by atoms with Gasteiger partial charge in [-0.05, 0) is 25.1 Å². The molecule has 5 nitrogen and oxygen atoms in total. The van der Waals surface area contributed by atoms with Gasteiger partial charge in [-0.25, -0.2) is 0 Å². The molecule has 0 heterocycles. The first-order valence-electron chi connectivity index (χ1n) is 5.87. The highest BCUT2D eigenvalue weighted by Crippen LogP contribution is 2.15. The van der Waals surface area contributed by atoms with Crippen LogP contribution in [0.5, 0.6) is 0 Å². The molecular formula is C13H19N3O2. The van der Waals surface area contributed by atoms with Crippen LogP contribution in [0.25, 0.3) is 0 Å². The van der Waals surface area contributed by atoms with Crippen molar-refractivity contribution in [3.63, 3.8) is 0 Å². The standard InChI is InChI=1S/C13H19N3O2/c1-3-10-6-4-5-7-11(10)15-13(18)9-16(2)8-12(14)17/h4-7H,3,8-9H2,1-2H3,(H2,14,17)(H,15,18). The zero-order valence-corrected chi connectivity index (χ0v) is 10.8. The van der Waals surface area contributed by atoms with Gasteiger partial charge in [-0.15, -0.1) is 0 Å². The van der Waals surface area contributed by atoms with Crippen LogP contribution >= 0.6 is 0 Å². The van der Waals surface area contributed by atoms with Crippen molar-refractivity contribution in [2.24, 2.45) is 5.73 Å². The average molecular weight is 249 g/mol. The quantitative estimate of drug-likeness (QED) is 0.775. The molecule has 0 unspecified atom stereocenters. The summed E-state index contributed by atoms with van der Waals surface area (Å²) in [5.41, 5.74) is 6.96. The average Bonchev–Trinajstić information content (AvgIpc) is 2.28. The first-order valence-corrected chi connectivity index (χ1v) is 5.87. The number of rotatable bonds is 6. The number of hydrogen-bond acceptors (Lipinski definition) is 3. The van der Waals surface area contributed by atoms with Crippen molar-refractivity contribution in [2.75, 3.05) is 25.5 Å². The first kappa shape index (κ1) is 14.2. The molecule has 0 fully saturated rings. The van der Waals surface area contributed by atoms with Crippen molar-refractivity contribution in [2.45, 2.75) is 13.3 Å². The summed E-state index contributed by atoms with van der Waals surface area (Å²) in [6.45, 7) is 2.24. The van der Waals surface area contributed by atoms with E-state index >= 15 is 0 Å². The maximum atomic E-state index is 11.8. The van der Waals surface area contributed by atoms with Crippen molar-refractivity contribution in [1.82, 2.24) is 4.90 Å². The third-order valence-corrected chi connectivity index (χ3v) is 2.51. The maximum absolute atomic E-state index is 11.8. The summed E-state index contributed by atoms with van der Waals surface area (Å²) in [4.78, 5) is 24.0. The Hall–Kier alpha value is -1.88. The minimum atomic E-state index is -0.445. The van der Waals surface area contributed by atoms with Gasteiger partial charge >= 0.3 is 0 Å². The predicted molar refractivity (Wildman–Crippen MR) is 71.1 cm³/mol. The summed E-state index contributed by atoms with van der Waals surface area (Å²) in [6, 6.07) is 7.66. The Morgan fingerprint density at radius 1 is 1.28 bits per heavy atom. The molecule has 0 saturated heterocycles. The van der Waals surface area contributed by atoms with E-state index < -0.39 is 5.91 Å². The fourth-order valence-electron chi connectivity index (χ4n) is 1.71. The number of carbonyl (C=O) groups excluding carboxylic acids is 2. The molecule has 0 saturated carbocycles. The number of aryl methyl sites for hydroxylation is 1. The Morgan fingerprint density at radius 3 is 2.56 bits per heavy atom. The van der Waals surface area contributed by atoms with Gasteiger partial charge < -0.3 is 11.1 Å². The van der Waals surface area contributed by atoms with E-state index in [1.54, 1.807) is 11.9 Å². The lowest BCUT2D eigenvalue weighted by molar-refractivity contribution is -0.120. The van der Waals surface area contributed by atoms with Crippen molar-refractivity contribution in [3.8, 4) is 0 Å². The molecule has 0 atom stereocenters. The largest absolute Gasteiger partial charge is 0.369 e. The number of nitrogens with two attached hydrogens (primary N) is 1. The van der Waals surface area contributed by atoms with Crippen LogP contribution in [0.15, 0.2) is 24.3 Å². The molecule has 1 aromatic carbocycles. The van der Waals surface area contributed by atoms with Crippen molar-refractivity contribution < 1.29 is 9.59 Å². The molecular weight excluding hydrogens is 230 g/mol. The SMILES string of the molecule is CCc1ccccc1NC(=O)CN(C)CC(N)=O. The van der Waals surface area contributed by atoms with E-state index in [9.17, 15) is 9.59 Å². The fraction of sp³-hybridized carbons (Fsp3) is 0.385. The Bertz CT molecular complexity index is 432. The molecule has 0 bridgehead atoms. The zero-order valence-electron chi connectivity index (χ0n) is 10.8. The topological polar surface area (TPSA) is 75.4 Å². The summed E-state index contributed by atoms with van der Waals surface area (Å²) >= 11 is 0. The number of amides is 2. The summed E-state index contributed by atoms with van der Waals surface area (Å²) in [5.74, 6) is -0.598. The third-order valence-electron chi connectivity index (χ3n) is 2.51. The molecule has 0 aromatic heterocycles. The van der Waals surface area contributed by atoms with Gasteiger partial charge in [0.1, 0.15) is 0 Å². The smallest absolute Gasteiger partial charge is 0.238 e. The highest BCUT2D eigenvalue weighted by Gasteiger charge is 2.10. The van der Waals surface area contributed by atoms with Crippen LogP contribution in [-0.2, 0) is 16.0 Å². The second-order valence-corrected chi connectivity index (χ2v) is 4.20. The van der Waals surface area contributed by atoms with Crippen LogP contribution in [0.4, 0.5) is 5.69 Å². The number of nitrogens with zero attached hydrogens (tertiary/aromatic N) is 1. The number of para-hydroxylation sites is 1. The molecule has 18 heavy (non-hydrogen) atoms. The van der Waals surface area contributed by atoms with E-state index in [-0.39, 0.29) is 19.0 Å². The molecule has 0 aliphatic rings. The van der Waals surface area contributed by atoms with Crippen LogP contribution in [0.2, 0.25) is 0 Å². The van der Waals surface area contributed by atoms with Gasteiger partial charge in [-0.3, -0.25) is 14.5 Å². The number of likely N-dealkylation sites (N-methyl/N-ethyl adjacent to an activating group) is 1. The van der Waals surface area contributed by atoms with Crippen molar-refractivity contribution >= 4 is 17.5 Å². The van der Waals surface area contributed by atoms with E-state index in [2.05, 4.69) is 5.32 Å². The van der Waals surface area contributed by atoms with Gasteiger partial charge in [0.05, 0.1) is 13.1 Å². The molecule has 0 spiro atoms. The summed E-state index contributed by atoms with van der Waals surface area (Å²) < 4.78 is 0. The van der Waals surface area contributed by atoms with Crippen LogP contribution < -0.4 is 11.1 Å². The second-order valence-electron chi connectivity index (χ2n) is 4.20. The van der Waals surface area contributed by atoms with Crippen LogP contribution in [0.1, 0.15) is 12.5 Å². The lowest BCUT2D eigenvalue weighted by atomic mass is 10.1. The second kappa shape index (κ2) is 6.76. The van der Waals surface area contributed by atoms with Crippen molar-refractivity contribution in [3.05, 3.63) is 29.8 Å². The van der Waals surface area contributed by atoms with E-state index in [0.717, 1.165) is 17.7 Å². The Kier molecular flexibility index (Phi) is 5.32. The molecule has 98 valence electrons. The number of anilines is 1. The van der Waals surface area contributed by atoms with E-state index in [0.29, 0.717) is 0 Å². The van der Waals surface area contributed by atoms with Gasteiger partial charge in [0.25, 0.3) is 0 Å². The van der Waals surface area contributed by atoms with Gasteiger partial charge in [0, 0.05) is 5.69 Å². The third kappa shape index (κ3) is 4.55. The number of primary amides is 1. The van der Waals surface area contributed by atoms with Crippen LogP contribution in [0, 0.1) is 0 Å². The van der Waals surface area contributed by atoms with Gasteiger partial charge in [0.2, 0.25) is 11.8 Å². The van der Waals surface area contributed by atoms with Gasteiger partial charge in [-0.2, -0.15) is 0 Å². The molecule has 3 N–H and O–H groups in total. The Morgan fingerprint density at radius 2 is 1.94 bits per heavy atom. The maximum Gasteiger partial charge on any atom is 0.238 e. The van der Waals surface area contributed by atoms with E-state index in [4.69, 9.17) is 5.73 Å². The molecule has 1 aromatic rings. The number of carbonyl (C=O) groups is 2.